The zero-order chi connectivity index (χ0) is 20.1. The van der Waals surface area contributed by atoms with Gasteiger partial charge in [0.2, 0.25) is 5.91 Å². The van der Waals surface area contributed by atoms with Gasteiger partial charge in [-0.15, -0.1) is 22.0 Å². The largest absolute Gasteiger partial charge is 0.325 e. The molecule has 7 heteroatoms. The summed E-state index contributed by atoms with van der Waals surface area (Å²) in [5.74, 6) is 1.88. The number of anilines is 1. The first-order valence-corrected chi connectivity index (χ1v) is 11.0. The van der Waals surface area contributed by atoms with E-state index in [9.17, 15) is 4.79 Å². The number of rotatable bonds is 7. The van der Waals surface area contributed by atoms with Crippen LogP contribution in [0.2, 0.25) is 0 Å². The Balaban J connectivity index is 1.54. The average molecular weight is 413 g/mol. The Kier molecular flexibility index (Phi) is 6.80. The van der Waals surface area contributed by atoms with Crippen LogP contribution in [0.25, 0.3) is 0 Å². The van der Waals surface area contributed by atoms with E-state index in [2.05, 4.69) is 46.7 Å². The molecule has 0 saturated carbocycles. The minimum absolute atomic E-state index is 0.0442. The van der Waals surface area contributed by atoms with Crippen molar-refractivity contribution >= 4 is 35.1 Å². The second-order valence-electron chi connectivity index (χ2n) is 6.71. The molecule has 28 heavy (non-hydrogen) atoms. The lowest BCUT2D eigenvalue weighted by atomic mass is 10.1. The maximum absolute atomic E-state index is 12.3. The Bertz CT molecular complexity index is 967. The molecule has 1 amide bonds. The van der Waals surface area contributed by atoms with Gasteiger partial charge in [-0.2, -0.15) is 0 Å². The first kappa shape index (κ1) is 20.5. The number of carbonyl (C=O) groups is 1. The monoisotopic (exact) mass is 412 g/mol. The molecule has 1 aromatic heterocycles. The summed E-state index contributed by atoms with van der Waals surface area (Å²) in [5.41, 5.74) is 4.29. The van der Waals surface area contributed by atoms with Crippen molar-refractivity contribution in [3.05, 3.63) is 65.0 Å². The van der Waals surface area contributed by atoms with Gasteiger partial charge in [-0.25, -0.2) is 0 Å². The number of thioether (sulfide) groups is 2. The second kappa shape index (κ2) is 9.30. The van der Waals surface area contributed by atoms with Crippen LogP contribution in [0.15, 0.2) is 52.5 Å². The molecule has 0 spiro atoms. The predicted molar refractivity (Wildman–Crippen MR) is 117 cm³/mol. The fraction of sp³-hybridized carbons (Fsp3) is 0.286. The van der Waals surface area contributed by atoms with Gasteiger partial charge in [0, 0.05) is 17.6 Å². The molecule has 0 unspecified atom stereocenters. The van der Waals surface area contributed by atoms with Crippen molar-refractivity contribution in [2.75, 3.05) is 11.1 Å². The molecule has 1 N–H and O–H groups in total. The van der Waals surface area contributed by atoms with Gasteiger partial charge in [0.25, 0.3) is 0 Å². The number of hydrogen-bond acceptors (Lipinski definition) is 5. The minimum Gasteiger partial charge on any atom is -0.325 e. The Morgan fingerprint density at radius 1 is 1.00 bits per heavy atom. The van der Waals surface area contributed by atoms with E-state index in [0.717, 1.165) is 33.5 Å². The third kappa shape index (κ3) is 5.39. The third-order valence-corrected chi connectivity index (χ3v) is 6.34. The summed E-state index contributed by atoms with van der Waals surface area (Å²) in [4.78, 5) is 13.5. The molecule has 0 aliphatic carbocycles. The quantitative estimate of drug-likeness (QED) is 0.567. The molecule has 2 aromatic carbocycles. The molecule has 3 rings (SSSR count). The lowest BCUT2D eigenvalue weighted by molar-refractivity contribution is -0.113. The van der Waals surface area contributed by atoms with Crippen LogP contribution in [0.5, 0.6) is 0 Å². The lowest BCUT2D eigenvalue weighted by Crippen LogP contribution is -2.15. The van der Waals surface area contributed by atoms with Crippen LogP contribution in [0.3, 0.4) is 0 Å². The first-order chi connectivity index (χ1) is 13.4. The van der Waals surface area contributed by atoms with E-state index in [1.807, 2.05) is 43.7 Å². The molecule has 3 aromatic rings. The van der Waals surface area contributed by atoms with Gasteiger partial charge in [-0.1, -0.05) is 41.6 Å². The number of hydrogen-bond donors (Lipinski definition) is 1. The second-order valence-corrected chi connectivity index (χ2v) is 8.71. The summed E-state index contributed by atoms with van der Waals surface area (Å²) < 4.78 is 1.96. The van der Waals surface area contributed by atoms with Crippen molar-refractivity contribution in [2.45, 2.75) is 36.6 Å². The van der Waals surface area contributed by atoms with Gasteiger partial charge in [0.15, 0.2) is 5.16 Å². The highest BCUT2D eigenvalue weighted by Crippen LogP contribution is 2.24. The standard InChI is InChI=1S/C21H24N4OS2/c1-14-6-9-17(10-7-14)27-12-19-23-24-21(25(19)4)28-13-20(26)22-18-11-15(2)5-8-16(18)3/h5-11H,12-13H2,1-4H3,(H,22,26). The molecule has 5 nitrogen and oxygen atoms in total. The number of nitrogens with zero attached hydrogens (tertiary/aromatic N) is 3. The number of benzene rings is 2. The van der Waals surface area contributed by atoms with Gasteiger partial charge in [-0.3, -0.25) is 4.79 Å². The average Bonchev–Trinajstić information content (AvgIpc) is 3.02. The van der Waals surface area contributed by atoms with Crippen LogP contribution < -0.4 is 5.32 Å². The lowest BCUT2D eigenvalue weighted by Gasteiger charge is -2.09. The normalized spacial score (nSPS) is 10.9. The fourth-order valence-electron chi connectivity index (χ4n) is 2.57. The molecular weight excluding hydrogens is 388 g/mol. The summed E-state index contributed by atoms with van der Waals surface area (Å²) in [6.07, 6.45) is 0. The zero-order valence-electron chi connectivity index (χ0n) is 16.5. The number of nitrogens with one attached hydrogen (secondary N) is 1. The van der Waals surface area contributed by atoms with Crippen molar-refractivity contribution in [1.82, 2.24) is 14.8 Å². The number of amides is 1. The van der Waals surface area contributed by atoms with E-state index in [1.165, 1.54) is 22.2 Å². The van der Waals surface area contributed by atoms with Crippen molar-refractivity contribution < 1.29 is 4.79 Å². The Morgan fingerprint density at radius 3 is 2.46 bits per heavy atom. The van der Waals surface area contributed by atoms with Crippen molar-refractivity contribution in [3.8, 4) is 0 Å². The molecule has 0 bridgehead atoms. The summed E-state index contributed by atoms with van der Waals surface area (Å²) in [6, 6.07) is 14.5. The van der Waals surface area contributed by atoms with Crippen LogP contribution in [0, 0.1) is 20.8 Å². The molecule has 0 aliphatic heterocycles. The Labute approximate surface area is 174 Å². The van der Waals surface area contributed by atoms with Crippen LogP contribution in [-0.2, 0) is 17.6 Å². The van der Waals surface area contributed by atoms with E-state index in [4.69, 9.17) is 0 Å². The van der Waals surface area contributed by atoms with E-state index in [0.29, 0.717) is 5.75 Å². The molecular formula is C21H24N4OS2. The van der Waals surface area contributed by atoms with E-state index < -0.39 is 0 Å². The summed E-state index contributed by atoms with van der Waals surface area (Å²) in [5, 5.41) is 12.2. The van der Waals surface area contributed by atoms with Crippen molar-refractivity contribution in [1.29, 1.82) is 0 Å². The predicted octanol–water partition coefficient (Wildman–Crippen LogP) is 4.76. The van der Waals surface area contributed by atoms with E-state index >= 15 is 0 Å². The first-order valence-electron chi connectivity index (χ1n) is 9.00. The van der Waals surface area contributed by atoms with E-state index in [-0.39, 0.29) is 5.91 Å². The fourth-order valence-corrected chi connectivity index (χ4v) is 4.17. The van der Waals surface area contributed by atoms with Crippen LogP contribution in [-0.4, -0.2) is 26.4 Å². The molecule has 0 fully saturated rings. The number of aryl methyl sites for hydroxylation is 3. The zero-order valence-corrected chi connectivity index (χ0v) is 18.2. The third-order valence-electron chi connectivity index (χ3n) is 4.31. The SMILES string of the molecule is Cc1ccc(SCc2nnc(SCC(=O)Nc3cc(C)ccc3C)n2C)cc1. The summed E-state index contributed by atoms with van der Waals surface area (Å²) in [7, 11) is 1.94. The van der Waals surface area contributed by atoms with Crippen LogP contribution in [0.4, 0.5) is 5.69 Å². The van der Waals surface area contributed by atoms with Gasteiger partial charge in [0.1, 0.15) is 5.82 Å². The Hall–Kier alpha value is -2.25. The van der Waals surface area contributed by atoms with Gasteiger partial charge in [0.05, 0.1) is 11.5 Å². The van der Waals surface area contributed by atoms with Crippen molar-refractivity contribution in [2.24, 2.45) is 7.05 Å². The smallest absolute Gasteiger partial charge is 0.234 e. The summed E-state index contributed by atoms with van der Waals surface area (Å²) >= 11 is 3.12. The van der Waals surface area contributed by atoms with Gasteiger partial charge < -0.3 is 9.88 Å². The highest BCUT2D eigenvalue weighted by atomic mass is 32.2. The molecule has 146 valence electrons. The van der Waals surface area contributed by atoms with Gasteiger partial charge in [-0.05, 0) is 50.1 Å². The molecule has 1 heterocycles. The maximum Gasteiger partial charge on any atom is 0.234 e. The van der Waals surface area contributed by atoms with Crippen LogP contribution in [0.1, 0.15) is 22.5 Å². The molecule has 0 atom stereocenters. The minimum atomic E-state index is -0.0442. The highest BCUT2D eigenvalue weighted by molar-refractivity contribution is 7.99. The number of carbonyl (C=O) groups excluding carboxylic acids is 1. The maximum atomic E-state index is 12.3. The molecule has 0 aliphatic rings. The van der Waals surface area contributed by atoms with Gasteiger partial charge >= 0.3 is 0 Å². The summed E-state index contributed by atoms with van der Waals surface area (Å²) in [6.45, 7) is 6.08. The highest BCUT2D eigenvalue weighted by Gasteiger charge is 2.12. The topological polar surface area (TPSA) is 59.8 Å². The Morgan fingerprint density at radius 2 is 1.71 bits per heavy atom. The number of aromatic nitrogens is 3. The molecule has 0 saturated heterocycles. The van der Waals surface area contributed by atoms with E-state index in [1.54, 1.807) is 11.8 Å². The van der Waals surface area contributed by atoms with Crippen LogP contribution >= 0.6 is 23.5 Å². The molecule has 0 radical (unpaired) electrons. The van der Waals surface area contributed by atoms with Crippen molar-refractivity contribution in [3.63, 3.8) is 0 Å².